The minimum atomic E-state index is -4.10. The van der Waals surface area contributed by atoms with E-state index in [0.29, 0.717) is 13.2 Å². The molecule has 0 fully saturated rings. The van der Waals surface area contributed by atoms with Gasteiger partial charge in [-0.25, -0.2) is 0 Å². The molecule has 96 valence electrons. The zero-order valence-corrected chi connectivity index (χ0v) is 10.5. The lowest BCUT2D eigenvalue weighted by Gasteiger charge is -2.07. The van der Waals surface area contributed by atoms with Crippen LogP contribution in [-0.2, 0) is 14.9 Å². The van der Waals surface area contributed by atoms with Crippen molar-refractivity contribution in [3.63, 3.8) is 0 Å². The molecule has 0 unspecified atom stereocenters. The Morgan fingerprint density at radius 1 is 1.24 bits per heavy atom. The van der Waals surface area contributed by atoms with Gasteiger partial charge in [-0.15, -0.1) is 0 Å². The van der Waals surface area contributed by atoms with E-state index in [4.69, 9.17) is 9.29 Å². The highest BCUT2D eigenvalue weighted by atomic mass is 32.2. The Balaban J connectivity index is 2.41. The fourth-order valence-electron chi connectivity index (χ4n) is 1.26. The normalized spacial score (nSPS) is 11.4. The van der Waals surface area contributed by atoms with Crippen LogP contribution in [0.1, 0.15) is 13.3 Å². The topological polar surface area (TPSA) is 75.6 Å². The van der Waals surface area contributed by atoms with Gasteiger partial charge in [0.05, 0.1) is 11.5 Å². The average molecular weight is 259 g/mol. The number of rotatable bonds is 7. The summed E-state index contributed by atoms with van der Waals surface area (Å²) in [4.78, 5) is -0.106. The molecular weight excluding hydrogens is 242 g/mol. The van der Waals surface area contributed by atoms with Crippen molar-refractivity contribution >= 4 is 15.8 Å². The third kappa shape index (κ3) is 5.16. The van der Waals surface area contributed by atoms with Crippen molar-refractivity contribution in [1.82, 2.24) is 0 Å². The van der Waals surface area contributed by atoms with Gasteiger partial charge >= 0.3 is 0 Å². The summed E-state index contributed by atoms with van der Waals surface area (Å²) in [6.07, 6.45) is 0.989. The van der Waals surface area contributed by atoms with Gasteiger partial charge < -0.3 is 10.1 Å². The van der Waals surface area contributed by atoms with Crippen LogP contribution in [0.5, 0.6) is 0 Å². The summed E-state index contributed by atoms with van der Waals surface area (Å²) in [5, 5.41) is 3.08. The van der Waals surface area contributed by atoms with E-state index in [0.717, 1.165) is 18.7 Å². The first-order valence-corrected chi connectivity index (χ1v) is 6.87. The molecule has 0 heterocycles. The van der Waals surface area contributed by atoms with Crippen molar-refractivity contribution in [3.05, 3.63) is 24.3 Å². The van der Waals surface area contributed by atoms with E-state index in [2.05, 4.69) is 5.32 Å². The first-order valence-electron chi connectivity index (χ1n) is 5.43. The van der Waals surface area contributed by atoms with Crippen molar-refractivity contribution in [2.24, 2.45) is 0 Å². The van der Waals surface area contributed by atoms with Crippen LogP contribution in [0.4, 0.5) is 5.69 Å². The Hall–Kier alpha value is -1.11. The first kappa shape index (κ1) is 14.0. The predicted octanol–water partition coefficient (Wildman–Crippen LogP) is 1.77. The van der Waals surface area contributed by atoms with E-state index in [1.807, 2.05) is 6.92 Å². The minimum Gasteiger partial charge on any atom is -0.383 e. The van der Waals surface area contributed by atoms with E-state index >= 15 is 0 Å². The van der Waals surface area contributed by atoms with Crippen LogP contribution < -0.4 is 5.32 Å². The highest BCUT2D eigenvalue weighted by Crippen LogP contribution is 2.13. The summed E-state index contributed by atoms with van der Waals surface area (Å²) in [5.41, 5.74) is 0.789. The summed E-state index contributed by atoms with van der Waals surface area (Å²) in [5.74, 6) is 0. The zero-order valence-electron chi connectivity index (χ0n) is 9.72. The molecular formula is C11H17NO4S. The molecule has 0 aliphatic rings. The van der Waals surface area contributed by atoms with Gasteiger partial charge in [0.1, 0.15) is 0 Å². The predicted molar refractivity (Wildman–Crippen MR) is 65.9 cm³/mol. The molecule has 0 amide bonds. The Kier molecular flexibility index (Phi) is 5.40. The maximum Gasteiger partial charge on any atom is 0.294 e. The van der Waals surface area contributed by atoms with Gasteiger partial charge in [-0.05, 0) is 30.7 Å². The molecule has 6 heteroatoms. The van der Waals surface area contributed by atoms with Crippen LogP contribution in [0.25, 0.3) is 0 Å². The number of ether oxygens (including phenoxy) is 1. The van der Waals surface area contributed by atoms with Crippen molar-refractivity contribution in [2.45, 2.75) is 18.2 Å². The van der Waals surface area contributed by atoms with Crippen molar-refractivity contribution in [1.29, 1.82) is 0 Å². The minimum absolute atomic E-state index is 0.106. The number of benzene rings is 1. The SMILES string of the molecule is CCCOCCNc1ccc(S(=O)(=O)O)cc1. The lowest BCUT2D eigenvalue weighted by Crippen LogP contribution is -2.09. The fourth-order valence-corrected chi connectivity index (χ4v) is 1.74. The fraction of sp³-hybridized carbons (Fsp3) is 0.455. The van der Waals surface area contributed by atoms with Crippen LogP contribution in [0, 0.1) is 0 Å². The highest BCUT2D eigenvalue weighted by Gasteiger charge is 2.07. The summed E-state index contributed by atoms with van der Waals surface area (Å²) >= 11 is 0. The standard InChI is InChI=1S/C11H17NO4S/c1-2-8-16-9-7-12-10-3-5-11(6-4-10)17(13,14)15/h3-6,12H,2,7-9H2,1H3,(H,13,14,15). The van der Waals surface area contributed by atoms with E-state index in [-0.39, 0.29) is 4.90 Å². The molecule has 17 heavy (non-hydrogen) atoms. The zero-order chi connectivity index (χ0) is 12.7. The van der Waals surface area contributed by atoms with Gasteiger partial charge in [-0.2, -0.15) is 8.42 Å². The molecule has 0 aromatic heterocycles. The third-order valence-corrected chi connectivity index (χ3v) is 2.94. The van der Waals surface area contributed by atoms with Crippen LogP contribution in [0.2, 0.25) is 0 Å². The summed E-state index contributed by atoms with van der Waals surface area (Å²) in [7, 11) is -4.10. The van der Waals surface area contributed by atoms with Crippen LogP contribution >= 0.6 is 0 Å². The van der Waals surface area contributed by atoms with Crippen molar-refractivity contribution in [3.8, 4) is 0 Å². The van der Waals surface area contributed by atoms with Crippen LogP contribution in [0.3, 0.4) is 0 Å². The van der Waals surface area contributed by atoms with Gasteiger partial charge in [-0.3, -0.25) is 4.55 Å². The lowest BCUT2D eigenvalue weighted by atomic mass is 10.3. The number of anilines is 1. The second kappa shape index (κ2) is 6.58. The number of hydrogen-bond acceptors (Lipinski definition) is 4. The van der Waals surface area contributed by atoms with E-state index in [9.17, 15) is 8.42 Å². The maximum absolute atomic E-state index is 10.8. The Morgan fingerprint density at radius 3 is 2.41 bits per heavy atom. The summed E-state index contributed by atoms with van der Waals surface area (Å²) in [6, 6.07) is 5.90. The van der Waals surface area contributed by atoms with Gasteiger partial charge in [0, 0.05) is 18.8 Å². The molecule has 0 bridgehead atoms. The highest BCUT2D eigenvalue weighted by molar-refractivity contribution is 7.85. The van der Waals surface area contributed by atoms with Crippen molar-refractivity contribution in [2.75, 3.05) is 25.1 Å². The molecule has 0 spiro atoms. The average Bonchev–Trinajstić information content (AvgIpc) is 2.28. The van der Waals surface area contributed by atoms with Gasteiger partial charge in [-0.1, -0.05) is 6.92 Å². The molecule has 0 aliphatic carbocycles. The quantitative estimate of drug-likeness (QED) is 0.576. The number of nitrogens with one attached hydrogen (secondary N) is 1. The molecule has 1 rings (SSSR count). The second-order valence-corrected chi connectivity index (χ2v) is 4.96. The smallest absolute Gasteiger partial charge is 0.294 e. The molecule has 1 aromatic carbocycles. The van der Waals surface area contributed by atoms with Gasteiger partial charge in [0.2, 0.25) is 0 Å². The maximum atomic E-state index is 10.8. The second-order valence-electron chi connectivity index (χ2n) is 3.54. The first-order chi connectivity index (χ1) is 8.04. The Morgan fingerprint density at radius 2 is 1.88 bits per heavy atom. The van der Waals surface area contributed by atoms with E-state index in [1.54, 1.807) is 12.1 Å². The molecule has 2 N–H and O–H groups in total. The molecule has 5 nitrogen and oxygen atoms in total. The van der Waals surface area contributed by atoms with Crippen LogP contribution in [-0.4, -0.2) is 32.7 Å². The number of hydrogen-bond donors (Lipinski definition) is 2. The third-order valence-electron chi connectivity index (χ3n) is 2.08. The molecule has 0 radical (unpaired) electrons. The largest absolute Gasteiger partial charge is 0.383 e. The molecule has 0 aliphatic heterocycles. The molecule has 0 saturated heterocycles. The summed E-state index contributed by atoms with van der Waals surface area (Å²) in [6.45, 7) is 4.05. The van der Waals surface area contributed by atoms with Gasteiger partial charge in [0.25, 0.3) is 10.1 Å². The molecule has 0 atom stereocenters. The van der Waals surface area contributed by atoms with Gasteiger partial charge in [0.15, 0.2) is 0 Å². The molecule has 0 saturated carbocycles. The Bertz CT molecular complexity index is 427. The Labute approximate surface area is 102 Å². The molecule has 1 aromatic rings. The summed E-state index contributed by atoms with van der Waals surface area (Å²) < 4.78 is 35.7. The van der Waals surface area contributed by atoms with E-state index < -0.39 is 10.1 Å². The van der Waals surface area contributed by atoms with Crippen molar-refractivity contribution < 1.29 is 17.7 Å². The van der Waals surface area contributed by atoms with Crippen LogP contribution in [0.15, 0.2) is 29.2 Å². The lowest BCUT2D eigenvalue weighted by molar-refractivity contribution is 0.144. The monoisotopic (exact) mass is 259 g/mol. The van der Waals surface area contributed by atoms with E-state index in [1.165, 1.54) is 12.1 Å².